The van der Waals surface area contributed by atoms with Gasteiger partial charge in [-0.3, -0.25) is 4.99 Å². The summed E-state index contributed by atoms with van der Waals surface area (Å²) < 4.78 is 42.8. The first-order valence-corrected chi connectivity index (χ1v) is 23.9. The summed E-state index contributed by atoms with van der Waals surface area (Å²) in [6.07, 6.45) is 15.6. The van der Waals surface area contributed by atoms with Crippen molar-refractivity contribution in [3.05, 3.63) is 87.0 Å². The van der Waals surface area contributed by atoms with E-state index in [0.29, 0.717) is 36.8 Å². The molecular weight excluding hydrogens is 777 g/mol. The first-order chi connectivity index (χ1) is 28.8. The third-order valence-corrected chi connectivity index (χ3v) is 12.1. The van der Waals surface area contributed by atoms with Gasteiger partial charge in [0.1, 0.15) is 22.9 Å². The van der Waals surface area contributed by atoms with E-state index in [2.05, 4.69) is 121 Å². The zero-order valence-electron chi connectivity index (χ0n) is 41.6. The van der Waals surface area contributed by atoms with Crippen LogP contribution in [0.4, 0.5) is 8.78 Å². The Bertz CT molecular complexity index is 1740. The van der Waals surface area contributed by atoms with Gasteiger partial charge in [-0.15, -0.1) is 0 Å². The van der Waals surface area contributed by atoms with E-state index in [-0.39, 0.29) is 27.2 Å². The van der Waals surface area contributed by atoms with E-state index in [4.69, 9.17) is 14.5 Å². The number of phenolic OH excluding ortho intramolecular Hbond substituents is 1. The standard InChI is InChI=1S/C55H85F2NO4/c1-16-19-21-23-25-27-29-61-49-42(51(4,5)6)32-39(33-43(49)52(7,8)9)55(60,47(18-3)58-37-38-31-41(56)36-46(57)48(38)59)40-34-44(53(10,11)12)50(45(35-40)54(13,14)15)62-30-28-26-24-22-20-17-2/h31-37,47,59-60H,16-30H2,1-15H3. The second kappa shape index (κ2) is 22.4. The van der Waals surface area contributed by atoms with Gasteiger partial charge in [-0.05, 0) is 82.4 Å². The number of aliphatic imine (C=N–C) groups is 1. The Morgan fingerprint density at radius 2 is 0.903 bits per heavy atom. The van der Waals surface area contributed by atoms with E-state index in [1.807, 2.05) is 6.92 Å². The number of rotatable bonds is 22. The highest BCUT2D eigenvalue weighted by molar-refractivity contribution is 5.83. The molecule has 3 rings (SSSR count). The van der Waals surface area contributed by atoms with Gasteiger partial charge in [0.05, 0.1) is 19.3 Å². The van der Waals surface area contributed by atoms with Gasteiger partial charge in [0.2, 0.25) is 0 Å². The van der Waals surface area contributed by atoms with Crippen molar-refractivity contribution in [3.63, 3.8) is 0 Å². The van der Waals surface area contributed by atoms with Crippen LogP contribution in [0.15, 0.2) is 41.4 Å². The number of hydrogen-bond donors (Lipinski definition) is 2. The fourth-order valence-corrected chi connectivity index (χ4v) is 8.27. The largest absolute Gasteiger partial charge is 0.504 e. The lowest BCUT2D eigenvalue weighted by Crippen LogP contribution is -2.41. The first kappa shape index (κ1) is 52.9. The van der Waals surface area contributed by atoms with Crippen LogP contribution in [0, 0.1) is 11.6 Å². The Morgan fingerprint density at radius 3 is 1.24 bits per heavy atom. The highest BCUT2D eigenvalue weighted by Crippen LogP contribution is 2.49. The molecule has 0 aromatic heterocycles. The lowest BCUT2D eigenvalue weighted by Gasteiger charge is -2.40. The number of aliphatic hydroxyl groups is 1. The Kier molecular flexibility index (Phi) is 19.1. The van der Waals surface area contributed by atoms with Crippen molar-refractivity contribution in [2.45, 2.75) is 221 Å². The maximum atomic E-state index is 14.6. The lowest BCUT2D eigenvalue weighted by molar-refractivity contribution is 0.0507. The zero-order chi connectivity index (χ0) is 46.7. The number of hydrogen-bond acceptors (Lipinski definition) is 5. The van der Waals surface area contributed by atoms with Crippen molar-refractivity contribution in [1.29, 1.82) is 0 Å². The molecule has 0 amide bonds. The van der Waals surface area contributed by atoms with Crippen LogP contribution in [0.1, 0.15) is 226 Å². The van der Waals surface area contributed by atoms with Crippen LogP contribution in [0.5, 0.6) is 17.2 Å². The third-order valence-electron chi connectivity index (χ3n) is 12.1. The van der Waals surface area contributed by atoms with Gasteiger partial charge in [-0.25, -0.2) is 8.78 Å². The molecule has 5 nitrogen and oxygen atoms in total. The second-order valence-electron chi connectivity index (χ2n) is 21.8. The summed E-state index contributed by atoms with van der Waals surface area (Å²) >= 11 is 0. The second-order valence-corrected chi connectivity index (χ2v) is 21.8. The van der Waals surface area contributed by atoms with Crippen LogP contribution in [0.2, 0.25) is 0 Å². The quantitative estimate of drug-likeness (QED) is 0.0780. The maximum Gasteiger partial charge on any atom is 0.168 e. The van der Waals surface area contributed by atoms with Crippen molar-refractivity contribution in [2.75, 3.05) is 13.2 Å². The predicted molar refractivity (Wildman–Crippen MR) is 258 cm³/mol. The number of halogens is 2. The molecular formula is C55H85F2NO4. The summed E-state index contributed by atoms with van der Waals surface area (Å²) in [7, 11) is 0. The molecule has 0 saturated heterocycles. The average molecular weight is 862 g/mol. The molecule has 0 aliphatic rings. The van der Waals surface area contributed by atoms with Crippen LogP contribution in [0.25, 0.3) is 0 Å². The van der Waals surface area contributed by atoms with E-state index < -0.39 is 29.0 Å². The van der Waals surface area contributed by atoms with Gasteiger partial charge < -0.3 is 19.7 Å². The summed E-state index contributed by atoms with van der Waals surface area (Å²) in [5, 5.41) is 24.7. The van der Waals surface area contributed by atoms with Crippen LogP contribution < -0.4 is 9.47 Å². The van der Waals surface area contributed by atoms with Gasteiger partial charge in [0.15, 0.2) is 11.6 Å². The fraction of sp³-hybridized carbons (Fsp3) is 0.655. The fourth-order valence-electron chi connectivity index (χ4n) is 8.27. The molecule has 2 N–H and O–H groups in total. The van der Waals surface area contributed by atoms with Crippen molar-refractivity contribution in [1.82, 2.24) is 0 Å². The number of nitrogens with zero attached hydrogens (tertiary/aromatic N) is 1. The molecule has 3 aromatic rings. The highest BCUT2D eigenvalue weighted by atomic mass is 19.1. The molecule has 0 saturated carbocycles. The molecule has 0 radical (unpaired) electrons. The predicted octanol–water partition coefficient (Wildman–Crippen LogP) is 15.5. The summed E-state index contributed by atoms with van der Waals surface area (Å²) in [6.45, 7) is 33.8. The van der Waals surface area contributed by atoms with E-state index in [1.165, 1.54) is 57.6 Å². The van der Waals surface area contributed by atoms with E-state index >= 15 is 0 Å². The van der Waals surface area contributed by atoms with Crippen LogP contribution >= 0.6 is 0 Å². The number of aromatic hydroxyl groups is 1. The number of ether oxygens (including phenoxy) is 2. The molecule has 1 atom stereocenters. The van der Waals surface area contributed by atoms with Crippen molar-refractivity contribution in [3.8, 4) is 17.2 Å². The number of benzene rings is 3. The van der Waals surface area contributed by atoms with Gasteiger partial charge in [-0.1, -0.05) is 168 Å². The molecule has 0 spiro atoms. The molecule has 0 aliphatic carbocycles. The van der Waals surface area contributed by atoms with Crippen LogP contribution in [-0.4, -0.2) is 35.7 Å². The van der Waals surface area contributed by atoms with E-state index in [9.17, 15) is 19.0 Å². The van der Waals surface area contributed by atoms with Crippen molar-refractivity contribution >= 4 is 6.21 Å². The maximum absolute atomic E-state index is 14.6. The minimum absolute atomic E-state index is 0.100. The minimum Gasteiger partial charge on any atom is -0.504 e. The Labute approximate surface area is 376 Å². The smallest absolute Gasteiger partial charge is 0.168 e. The molecule has 0 aliphatic heterocycles. The molecule has 3 aromatic carbocycles. The van der Waals surface area contributed by atoms with Crippen molar-refractivity contribution < 1.29 is 28.5 Å². The lowest BCUT2D eigenvalue weighted by atomic mass is 9.70. The molecule has 62 heavy (non-hydrogen) atoms. The highest BCUT2D eigenvalue weighted by Gasteiger charge is 2.44. The van der Waals surface area contributed by atoms with Crippen LogP contribution in [-0.2, 0) is 27.3 Å². The molecule has 1 unspecified atom stereocenters. The molecule has 0 heterocycles. The number of unbranched alkanes of at least 4 members (excludes halogenated alkanes) is 10. The monoisotopic (exact) mass is 862 g/mol. The minimum atomic E-state index is -1.76. The third kappa shape index (κ3) is 14.0. The molecule has 0 bridgehead atoms. The normalized spacial score (nSPS) is 13.6. The van der Waals surface area contributed by atoms with Crippen LogP contribution in [0.3, 0.4) is 0 Å². The first-order valence-electron chi connectivity index (χ1n) is 23.9. The summed E-state index contributed by atoms with van der Waals surface area (Å²) in [5.41, 5.74) is 1.90. The Balaban J connectivity index is 2.45. The van der Waals surface area contributed by atoms with Gasteiger partial charge in [0.25, 0.3) is 0 Å². The van der Waals surface area contributed by atoms with E-state index in [1.54, 1.807) is 0 Å². The topological polar surface area (TPSA) is 71.3 Å². The summed E-state index contributed by atoms with van der Waals surface area (Å²) in [4.78, 5) is 4.94. The average Bonchev–Trinajstić information content (AvgIpc) is 3.17. The van der Waals surface area contributed by atoms with Gasteiger partial charge in [0, 0.05) is 40.1 Å². The van der Waals surface area contributed by atoms with Gasteiger partial charge in [-0.2, -0.15) is 0 Å². The van der Waals surface area contributed by atoms with E-state index in [0.717, 1.165) is 65.5 Å². The zero-order valence-corrected chi connectivity index (χ0v) is 41.6. The summed E-state index contributed by atoms with van der Waals surface area (Å²) in [5.74, 6) is -0.886. The molecule has 7 heteroatoms. The molecule has 0 fully saturated rings. The van der Waals surface area contributed by atoms with Crippen molar-refractivity contribution in [2.24, 2.45) is 4.99 Å². The number of phenols is 1. The molecule has 348 valence electrons. The Hall–Kier alpha value is -3.45. The summed E-state index contributed by atoms with van der Waals surface area (Å²) in [6, 6.07) is 9.25. The van der Waals surface area contributed by atoms with Gasteiger partial charge >= 0.3 is 0 Å². The Morgan fingerprint density at radius 1 is 0.548 bits per heavy atom. The SMILES string of the molecule is CCCCCCCCOc1c(C(C)(C)C)cc(C(O)(c2cc(C(C)(C)C)c(OCCCCCCCC)c(C(C)(C)C)c2)C(CC)N=Cc2cc(F)cc(F)c2O)cc1C(C)(C)C.